The van der Waals surface area contributed by atoms with Crippen LogP contribution in [0.2, 0.25) is 0 Å². The summed E-state index contributed by atoms with van der Waals surface area (Å²) in [7, 11) is 0. The SMILES string of the molecule is CCOC(=O)c1ccc(-n2c(C)cc(/C=C3\SC(=O)N(CCOc4cc(C)ccc4C(C)C)C3=O)c2C)cc1. The molecule has 0 radical (unpaired) electrons. The van der Waals surface area contributed by atoms with E-state index < -0.39 is 0 Å². The number of thioether (sulfide) groups is 1. The van der Waals surface area contributed by atoms with E-state index in [1.165, 1.54) is 4.90 Å². The summed E-state index contributed by atoms with van der Waals surface area (Å²) in [5.74, 6) is 0.419. The van der Waals surface area contributed by atoms with Crippen LogP contribution in [0.3, 0.4) is 0 Å². The fourth-order valence-corrected chi connectivity index (χ4v) is 5.47. The first-order valence-electron chi connectivity index (χ1n) is 13.1. The smallest absolute Gasteiger partial charge is 0.338 e. The van der Waals surface area contributed by atoms with Crippen LogP contribution in [-0.4, -0.2) is 46.3 Å². The molecule has 2 heterocycles. The van der Waals surface area contributed by atoms with Gasteiger partial charge in [0.25, 0.3) is 11.1 Å². The molecule has 0 atom stereocenters. The lowest BCUT2D eigenvalue weighted by Gasteiger charge is -2.17. The number of amides is 2. The summed E-state index contributed by atoms with van der Waals surface area (Å²) in [6.07, 6.45) is 1.77. The zero-order valence-electron chi connectivity index (χ0n) is 23.2. The van der Waals surface area contributed by atoms with Gasteiger partial charge in [0.1, 0.15) is 12.4 Å². The molecule has 7 nitrogen and oxygen atoms in total. The van der Waals surface area contributed by atoms with Crippen LogP contribution in [0.1, 0.15) is 65.1 Å². The molecule has 2 aromatic carbocycles. The number of aryl methyl sites for hydroxylation is 2. The molecule has 0 bridgehead atoms. The molecule has 1 aliphatic rings. The second kappa shape index (κ2) is 11.9. The van der Waals surface area contributed by atoms with Crippen molar-refractivity contribution < 1.29 is 23.9 Å². The van der Waals surface area contributed by atoms with E-state index in [1.807, 2.05) is 49.6 Å². The Morgan fingerprint density at radius 2 is 1.74 bits per heavy atom. The molecule has 0 aliphatic carbocycles. The van der Waals surface area contributed by atoms with Crippen molar-refractivity contribution in [2.75, 3.05) is 19.8 Å². The van der Waals surface area contributed by atoms with Crippen LogP contribution in [-0.2, 0) is 9.53 Å². The van der Waals surface area contributed by atoms with Gasteiger partial charge in [-0.05, 0) is 105 Å². The Labute approximate surface area is 233 Å². The average molecular weight is 547 g/mol. The number of hydrogen-bond acceptors (Lipinski definition) is 6. The zero-order chi connectivity index (χ0) is 28.3. The van der Waals surface area contributed by atoms with Crippen molar-refractivity contribution in [3.8, 4) is 11.4 Å². The van der Waals surface area contributed by atoms with Gasteiger partial charge in [-0.25, -0.2) is 4.79 Å². The summed E-state index contributed by atoms with van der Waals surface area (Å²) in [6, 6.07) is 15.3. The first-order valence-corrected chi connectivity index (χ1v) is 13.9. The van der Waals surface area contributed by atoms with Crippen molar-refractivity contribution >= 4 is 35.0 Å². The third kappa shape index (κ3) is 6.11. The van der Waals surface area contributed by atoms with Crippen LogP contribution in [0.25, 0.3) is 11.8 Å². The fourth-order valence-electron chi connectivity index (χ4n) is 4.62. The van der Waals surface area contributed by atoms with Crippen LogP contribution in [0.4, 0.5) is 4.79 Å². The van der Waals surface area contributed by atoms with Gasteiger partial charge in [0.2, 0.25) is 0 Å². The van der Waals surface area contributed by atoms with Gasteiger partial charge < -0.3 is 14.0 Å². The Morgan fingerprint density at radius 1 is 1.03 bits per heavy atom. The van der Waals surface area contributed by atoms with Gasteiger partial charge in [-0.15, -0.1) is 0 Å². The van der Waals surface area contributed by atoms with E-state index in [0.717, 1.165) is 51.3 Å². The summed E-state index contributed by atoms with van der Waals surface area (Å²) < 4.78 is 13.1. The van der Waals surface area contributed by atoms with E-state index in [4.69, 9.17) is 9.47 Å². The predicted octanol–water partition coefficient (Wildman–Crippen LogP) is 6.82. The number of esters is 1. The highest BCUT2D eigenvalue weighted by atomic mass is 32.2. The van der Waals surface area contributed by atoms with Crippen LogP contribution in [0, 0.1) is 20.8 Å². The van der Waals surface area contributed by atoms with Gasteiger partial charge in [-0.3, -0.25) is 14.5 Å². The number of imide groups is 1. The minimum Gasteiger partial charge on any atom is -0.491 e. The Kier molecular flexibility index (Phi) is 8.65. The molecule has 0 unspecified atom stereocenters. The van der Waals surface area contributed by atoms with Gasteiger partial charge >= 0.3 is 5.97 Å². The molecule has 0 N–H and O–H groups in total. The molecule has 39 heavy (non-hydrogen) atoms. The Balaban J connectivity index is 1.48. The fraction of sp³-hybridized carbons (Fsp3) is 0.323. The van der Waals surface area contributed by atoms with E-state index in [9.17, 15) is 14.4 Å². The van der Waals surface area contributed by atoms with E-state index in [2.05, 4.69) is 26.0 Å². The number of nitrogens with zero attached hydrogens (tertiary/aromatic N) is 2. The highest BCUT2D eigenvalue weighted by Gasteiger charge is 2.35. The molecular formula is C31H34N2O5S. The number of carbonyl (C=O) groups is 3. The second-order valence-electron chi connectivity index (χ2n) is 9.81. The number of rotatable bonds is 9. The molecule has 2 amide bonds. The molecule has 1 fully saturated rings. The molecule has 0 spiro atoms. The van der Waals surface area contributed by atoms with E-state index in [-0.39, 0.29) is 30.3 Å². The quantitative estimate of drug-likeness (QED) is 0.217. The Hall–Kier alpha value is -3.78. The molecule has 8 heteroatoms. The lowest BCUT2D eigenvalue weighted by Crippen LogP contribution is -2.32. The normalized spacial score (nSPS) is 14.5. The molecule has 1 aliphatic heterocycles. The minimum atomic E-state index is -0.356. The van der Waals surface area contributed by atoms with Gasteiger partial charge in [0.15, 0.2) is 0 Å². The highest BCUT2D eigenvalue weighted by molar-refractivity contribution is 8.18. The topological polar surface area (TPSA) is 77.8 Å². The summed E-state index contributed by atoms with van der Waals surface area (Å²) in [5, 5.41) is -0.300. The highest BCUT2D eigenvalue weighted by Crippen LogP contribution is 2.34. The first-order chi connectivity index (χ1) is 18.6. The molecule has 3 aromatic rings. The second-order valence-corrected chi connectivity index (χ2v) is 10.8. The van der Waals surface area contributed by atoms with Crippen LogP contribution in [0.5, 0.6) is 5.75 Å². The lowest BCUT2D eigenvalue weighted by molar-refractivity contribution is -0.123. The maximum absolute atomic E-state index is 13.1. The molecular weight excluding hydrogens is 512 g/mol. The summed E-state index contributed by atoms with van der Waals surface area (Å²) >= 11 is 0.945. The summed E-state index contributed by atoms with van der Waals surface area (Å²) in [4.78, 5) is 39.4. The van der Waals surface area contributed by atoms with Crippen molar-refractivity contribution in [2.45, 2.75) is 47.5 Å². The predicted molar refractivity (Wildman–Crippen MR) is 155 cm³/mol. The number of hydrogen-bond donors (Lipinski definition) is 0. The lowest BCUT2D eigenvalue weighted by atomic mass is 10.0. The third-order valence-electron chi connectivity index (χ3n) is 6.63. The summed E-state index contributed by atoms with van der Waals surface area (Å²) in [5.41, 5.74) is 6.31. The monoisotopic (exact) mass is 546 g/mol. The van der Waals surface area contributed by atoms with Crippen molar-refractivity contribution in [1.29, 1.82) is 0 Å². The van der Waals surface area contributed by atoms with E-state index >= 15 is 0 Å². The molecule has 1 saturated heterocycles. The Bertz CT molecular complexity index is 1440. The molecule has 0 saturated carbocycles. The van der Waals surface area contributed by atoms with Crippen molar-refractivity contribution in [2.24, 2.45) is 0 Å². The van der Waals surface area contributed by atoms with Gasteiger partial charge in [-0.2, -0.15) is 0 Å². The maximum atomic E-state index is 13.1. The molecule has 4 rings (SSSR count). The Morgan fingerprint density at radius 3 is 2.41 bits per heavy atom. The zero-order valence-corrected chi connectivity index (χ0v) is 24.1. The standard InChI is InChI=1S/C31H34N2O5S/c1-7-37-30(35)23-9-11-25(12-10-23)33-21(5)17-24(22(33)6)18-28-29(34)32(31(36)39-28)14-15-38-27-16-20(4)8-13-26(27)19(2)3/h8-13,16-19H,7,14-15H2,1-6H3/b28-18-. The van der Waals surface area contributed by atoms with Crippen molar-refractivity contribution in [3.05, 3.63) is 87.1 Å². The van der Waals surface area contributed by atoms with E-state index in [1.54, 1.807) is 25.1 Å². The van der Waals surface area contributed by atoms with E-state index in [0.29, 0.717) is 23.0 Å². The molecule has 1 aromatic heterocycles. The molecule has 204 valence electrons. The largest absolute Gasteiger partial charge is 0.491 e. The number of benzene rings is 2. The third-order valence-corrected chi connectivity index (χ3v) is 7.54. The van der Waals surface area contributed by atoms with Crippen LogP contribution >= 0.6 is 11.8 Å². The van der Waals surface area contributed by atoms with Crippen LogP contribution in [0.15, 0.2) is 53.4 Å². The summed E-state index contributed by atoms with van der Waals surface area (Å²) in [6.45, 7) is 12.7. The van der Waals surface area contributed by atoms with Gasteiger partial charge in [-0.1, -0.05) is 26.0 Å². The number of aromatic nitrogens is 1. The van der Waals surface area contributed by atoms with Crippen LogP contribution < -0.4 is 4.74 Å². The average Bonchev–Trinajstić information content (AvgIpc) is 3.32. The van der Waals surface area contributed by atoms with Gasteiger partial charge in [0, 0.05) is 17.1 Å². The minimum absolute atomic E-state index is 0.180. The van der Waals surface area contributed by atoms with Gasteiger partial charge in [0.05, 0.1) is 23.6 Å². The number of carbonyl (C=O) groups excluding carboxylic acids is 3. The van der Waals surface area contributed by atoms with Crippen molar-refractivity contribution in [3.63, 3.8) is 0 Å². The first kappa shape index (κ1) is 28.2. The number of ether oxygens (including phenoxy) is 2. The van der Waals surface area contributed by atoms with Crippen molar-refractivity contribution in [1.82, 2.24) is 9.47 Å². The maximum Gasteiger partial charge on any atom is 0.338 e.